The maximum absolute atomic E-state index is 12.8. The summed E-state index contributed by atoms with van der Waals surface area (Å²) in [6.07, 6.45) is 6.29. The van der Waals surface area contributed by atoms with Crippen molar-refractivity contribution in [1.29, 1.82) is 0 Å². The molecule has 2 saturated carbocycles. The molecular formula is C17H21FN2O2. The summed E-state index contributed by atoms with van der Waals surface area (Å²) in [4.78, 5) is 24.2. The Labute approximate surface area is 129 Å². The molecule has 0 aromatic heterocycles. The number of anilines is 1. The predicted molar refractivity (Wildman–Crippen MR) is 81.6 cm³/mol. The summed E-state index contributed by atoms with van der Waals surface area (Å²) in [7, 11) is 0. The molecule has 5 heteroatoms. The summed E-state index contributed by atoms with van der Waals surface area (Å²) in [5.74, 6) is -0.952. The second-order valence-corrected chi connectivity index (χ2v) is 6.29. The fourth-order valence-corrected chi connectivity index (χ4v) is 3.10. The second-order valence-electron chi connectivity index (χ2n) is 6.29. The van der Waals surface area contributed by atoms with Gasteiger partial charge in [0.15, 0.2) is 0 Å². The van der Waals surface area contributed by atoms with Crippen LogP contribution >= 0.6 is 0 Å². The van der Waals surface area contributed by atoms with Gasteiger partial charge in [-0.1, -0.05) is 19.3 Å². The largest absolute Gasteiger partial charge is 0.353 e. The molecule has 118 valence electrons. The minimum absolute atomic E-state index is 0.00570. The number of benzene rings is 1. The molecule has 2 amide bonds. The lowest BCUT2D eigenvalue weighted by atomic mass is 9.95. The van der Waals surface area contributed by atoms with E-state index < -0.39 is 0 Å². The van der Waals surface area contributed by atoms with E-state index in [0.29, 0.717) is 12.1 Å². The molecule has 0 bridgehead atoms. The van der Waals surface area contributed by atoms with Crippen LogP contribution in [-0.4, -0.2) is 17.9 Å². The number of rotatable bonds is 4. The van der Waals surface area contributed by atoms with Crippen LogP contribution in [0.1, 0.15) is 38.5 Å². The number of nitrogens with one attached hydrogen (secondary N) is 2. The van der Waals surface area contributed by atoms with Crippen LogP contribution in [0.25, 0.3) is 0 Å². The summed E-state index contributed by atoms with van der Waals surface area (Å²) in [6.45, 7) is 0. The van der Waals surface area contributed by atoms with Gasteiger partial charge in [0.2, 0.25) is 11.8 Å². The smallest absolute Gasteiger partial charge is 0.228 e. The molecular weight excluding hydrogens is 283 g/mol. The molecule has 22 heavy (non-hydrogen) atoms. The molecule has 2 unspecified atom stereocenters. The third-order valence-corrected chi connectivity index (χ3v) is 4.53. The predicted octanol–water partition coefficient (Wildman–Crippen LogP) is 2.85. The zero-order valence-corrected chi connectivity index (χ0v) is 12.5. The van der Waals surface area contributed by atoms with Crippen molar-refractivity contribution >= 4 is 17.5 Å². The second kappa shape index (κ2) is 6.46. The van der Waals surface area contributed by atoms with Gasteiger partial charge in [0.25, 0.3) is 0 Å². The molecule has 3 rings (SSSR count). The molecule has 1 aromatic carbocycles. The van der Waals surface area contributed by atoms with E-state index in [2.05, 4.69) is 10.6 Å². The molecule has 1 aromatic rings. The molecule has 0 heterocycles. The molecule has 2 atom stereocenters. The fourth-order valence-electron chi connectivity index (χ4n) is 3.10. The van der Waals surface area contributed by atoms with Gasteiger partial charge in [-0.3, -0.25) is 9.59 Å². The first-order valence-corrected chi connectivity index (χ1v) is 8.00. The van der Waals surface area contributed by atoms with Crippen molar-refractivity contribution < 1.29 is 14.0 Å². The fraction of sp³-hybridized carbons (Fsp3) is 0.529. The number of carbonyl (C=O) groups is 2. The van der Waals surface area contributed by atoms with E-state index in [1.165, 1.54) is 43.5 Å². The van der Waals surface area contributed by atoms with Gasteiger partial charge >= 0.3 is 0 Å². The van der Waals surface area contributed by atoms with Crippen LogP contribution < -0.4 is 10.6 Å². The highest BCUT2D eigenvalue weighted by Crippen LogP contribution is 2.39. The Morgan fingerprint density at radius 1 is 0.955 bits per heavy atom. The van der Waals surface area contributed by atoms with Crippen molar-refractivity contribution in [2.75, 3.05) is 5.32 Å². The van der Waals surface area contributed by atoms with Gasteiger partial charge in [-0.05, 0) is 43.5 Å². The lowest BCUT2D eigenvalue weighted by Gasteiger charge is -2.22. The highest BCUT2D eigenvalue weighted by molar-refractivity contribution is 5.99. The van der Waals surface area contributed by atoms with Crippen LogP contribution in [0.5, 0.6) is 0 Å². The molecule has 2 fully saturated rings. The highest BCUT2D eigenvalue weighted by Gasteiger charge is 2.48. The van der Waals surface area contributed by atoms with Gasteiger partial charge in [0, 0.05) is 11.7 Å². The topological polar surface area (TPSA) is 58.2 Å². The molecule has 0 spiro atoms. The van der Waals surface area contributed by atoms with Gasteiger partial charge in [-0.2, -0.15) is 0 Å². The molecule has 2 aliphatic carbocycles. The van der Waals surface area contributed by atoms with E-state index in [9.17, 15) is 14.0 Å². The van der Waals surface area contributed by atoms with Crippen molar-refractivity contribution in [2.24, 2.45) is 11.8 Å². The van der Waals surface area contributed by atoms with Crippen molar-refractivity contribution in [1.82, 2.24) is 5.32 Å². The SMILES string of the molecule is O=C(Nc1ccc(F)cc1)C1CC1C(=O)NC1CCCCC1. The lowest BCUT2D eigenvalue weighted by molar-refractivity contribution is -0.126. The van der Waals surface area contributed by atoms with E-state index in [0.717, 1.165) is 12.8 Å². The van der Waals surface area contributed by atoms with E-state index in [-0.39, 0.29) is 35.5 Å². The Kier molecular flexibility index (Phi) is 4.41. The molecule has 0 radical (unpaired) electrons. The van der Waals surface area contributed by atoms with Crippen LogP contribution in [0.4, 0.5) is 10.1 Å². The third kappa shape index (κ3) is 3.64. The Bertz CT molecular complexity index is 552. The summed E-state index contributed by atoms with van der Waals surface area (Å²) < 4.78 is 12.8. The van der Waals surface area contributed by atoms with Crippen LogP contribution in [-0.2, 0) is 9.59 Å². The first-order valence-electron chi connectivity index (χ1n) is 8.00. The Hall–Kier alpha value is -1.91. The molecule has 2 aliphatic rings. The van der Waals surface area contributed by atoms with E-state index in [1.807, 2.05) is 0 Å². The number of carbonyl (C=O) groups excluding carboxylic acids is 2. The van der Waals surface area contributed by atoms with E-state index >= 15 is 0 Å². The molecule has 0 aliphatic heterocycles. The third-order valence-electron chi connectivity index (χ3n) is 4.53. The van der Waals surface area contributed by atoms with E-state index in [1.54, 1.807) is 0 Å². The molecule has 4 nitrogen and oxygen atoms in total. The van der Waals surface area contributed by atoms with Gasteiger partial charge in [-0.15, -0.1) is 0 Å². The summed E-state index contributed by atoms with van der Waals surface area (Å²) in [6, 6.07) is 5.92. The van der Waals surface area contributed by atoms with Crippen molar-refractivity contribution in [3.63, 3.8) is 0 Å². The number of hydrogen-bond acceptors (Lipinski definition) is 2. The Morgan fingerprint density at radius 3 is 2.27 bits per heavy atom. The first kappa shape index (κ1) is 15.0. The van der Waals surface area contributed by atoms with Crippen molar-refractivity contribution in [2.45, 2.75) is 44.6 Å². The Balaban J connectivity index is 1.47. The summed E-state index contributed by atoms with van der Waals surface area (Å²) in [5.41, 5.74) is 0.560. The number of halogens is 1. The highest BCUT2D eigenvalue weighted by atomic mass is 19.1. The minimum Gasteiger partial charge on any atom is -0.353 e. The van der Waals surface area contributed by atoms with Gasteiger partial charge in [-0.25, -0.2) is 4.39 Å². The normalized spacial score (nSPS) is 24.6. The maximum Gasteiger partial charge on any atom is 0.228 e. The zero-order valence-electron chi connectivity index (χ0n) is 12.5. The van der Waals surface area contributed by atoms with Gasteiger partial charge < -0.3 is 10.6 Å². The average Bonchev–Trinajstić information content (AvgIpc) is 3.31. The maximum atomic E-state index is 12.8. The van der Waals surface area contributed by atoms with E-state index in [4.69, 9.17) is 0 Å². The molecule has 0 saturated heterocycles. The first-order chi connectivity index (χ1) is 10.6. The standard InChI is InChI=1S/C17H21FN2O2/c18-11-6-8-13(9-7-11)20-17(22)15-10-14(15)16(21)19-12-4-2-1-3-5-12/h6-9,12,14-15H,1-5,10H2,(H,19,21)(H,20,22). The van der Waals surface area contributed by atoms with Gasteiger partial charge in [0.1, 0.15) is 5.82 Å². The van der Waals surface area contributed by atoms with Crippen molar-refractivity contribution in [3.8, 4) is 0 Å². The number of hydrogen-bond donors (Lipinski definition) is 2. The van der Waals surface area contributed by atoms with Gasteiger partial charge in [0.05, 0.1) is 11.8 Å². The summed E-state index contributed by atoms with van der Waals surface area (Å²) >= 11 is 0. The average molecular weight is 304 g/mol. The van der Waals surface area contributed by atoms with Crippen LogP contribution in [0.2, 0.25) is 0 Å². The quantitative estimate of drug-likeness (QED) is 0.898. The number of amides is 2. The van der Waals surface area contributed by atoms with Crippen LogP contribution in [0, 0.1) is 17.7 Å². The van der Waals surface area contributed by atoms with Crippen molar-refractivity contribution in [3.05, 3.63) is 30.1 Å². The van der Waals surface area contributed by atoms with Crippen LogP contribution in [0.15, 0.2) is 24.3 Å². The lowest BCUT2D eigenvalue weighted by Crippen LogP contribution is -2.37. The minimum atomic E-state index is -0.339. The van der Waals surface area contributed by atoms with Crippen LogP contribution in [0.3, 0.4) is 0 Å². The zero-order chi connectivity index (χ0) is 15.5. The molecule has 2 N–H and O–H groups in total. The monoisotopic (exact) mass is 304 g/mol. The Morgan fingerprint density at radius 2 is 1.59 bits per heavy atom. The summed E-state index contributed by atoms with van der Waals surface area (Å²) in [5, 5.41) is 5.80.